The SMILES string of the molecule is Cc1ccc(C(=O)N=c2sc(C)c(-c3ccccc3)n2C)c(Cl)c1. The number of nitrogens with zero attached hydrogens (tertiary/aromatic N) is 2. The van der Waals surface area contributed by atoms with Gasteiger partial charge in [-0.05, 0) is 37.1 Å². The van der Waals surface area contributed by atoms with Gasteiger partial charge < -0.3 is 4.57 Å². The predicted octanol–water partition coefficient (Wildman–Crippen LogP) is 4.76. The van der Waals surface area contributed by atoms with Crippen LogP contribution in [0, 0.1) is 13.8 Å². The van der Waals surface area contributed by atoms with Gasteiger partial charge >= 0.3 is 0 Å². The maximum atomic E-state index is 12.5. The zero-order valence-corrected chi connectivity index (χ0v) is 15.3. The highest BCUT2D eigenvalue weighted by atomic mass is 35.5. The number of benzene rings is 2. The topological polar surface area (TPSA) is 34.4 Å². The van der Waals surface area contributed by atoms with Gasteiger partial charge in [-0.3, -0.25) is 4.79 Å². The van der Waals surface area contributed by atoms with Gasteiger partial charge in [0.05, 0.1) is 16.3 Å². The first-order valence-electron chi connectivity index (χ1n) is 7.54. The molecule has 0 radical (unpaired) electrons. The summed E-state index contributed by atoms with van der Waals surface area (Å²) in [6.07, 6.45) is 0. The number of hydrogen-bond acceptors (Lipinski definition) is 2. The number of aromatic nitrogens is 1. The summed E-state index contributed by atoms with van der Waals surface area (Å²) in [5.74, 6) is -0.323. The molecule has 122 valence electrons. The van der Waals surface area contributed by atoms with Crippen LogP contribution in [0.3, 0.4) is 0 Å². The van der Waals surface area contributed by atoms with Crippen molar-refractivity contribution in [2.24, 2.45) is 12.0 Å². The quantitative estimate of drug-likeness (QED) is 0.651. The Kier molecular flexibility index (Phi) is 4.69. The van der Waals surface area contributed by atoms with E-state index < -0.39 is 0 Å². The van der Waals surface area contributed by atoms with Gasteiger partial charge in [-0.15, -0.1) is 11.3 Å². The number of amides is 1. The van der Waals surface area contributed by atoms with Crippen molar-refractivity contribution in [2.75, 3.05) is 0 Å². The average Bonchev–Trinajstić information content (AvgIpc) is 2.82. The van der Waals surface area contributed by atoms with Crippen molar-refractivity contribution in [3.63, 3.8) is 0 Å². The number of carbonyl (C=O) groups excluding carboxylic acids is 1. The van der Waals surface area contributed by atoms with Crippen molar-refractivity contribution in [3.8, 4) is 11.3 Å². The third-order valence-electron chi connectivity index (χ3n) is 3.80. The summed E-state index contributed by atoms with van der Waals surface area (Å²) < 4.78 is 1.95. The van der Waals surface area contributed by atoms with Crippen LogP contribution >= 0.6 is 22.9 Å². The maximum absolute atomic E-state index is 12.5. The van der Waals surface area contributed by atoms with Gasteiger partial charge in [0.15, 0.2) is 4.80 Å². The molecule has 0 unspecified atom stereocenters. The molecule has 1 heterocycles. The Labute approximate surface area is 149 Å². The highest BCUT2D eigenvalue weighted by Crippen LogP contribution is 2.24. The Bertz CT molecular complexity index is 971. The van der Waals surface area contributed by atoms with Crippen LogP contribution in [0.15, 0.2) is 53.5 Å². The van der Waals surface area contributed by atoms with Crippen molar-refractivity contribution in [3.05, 3.63) is 74.4 Å². The van der Waals surface area contributed by atoms with Gasteiger partial charge in [0.2, 0.25) is 0 Å². The number of carbonyl (C=O) groups is 1. The Morgan fingerprint density at radius 3 is 2.50 bits per heavy atom. The molecule has 0 fully saturated rings. The summed E-state index contributed by atoms with van der Waals surface area (Å²) in [4.78, 5) is 18.6. The summed E-state index contributed by atoms with van der Waals surface area (Å²) in [7, 11) is 1.93. The van der Waals surface area contributed by atoms with E-state index in [1.165, 1.54) is 11.3 Å². The molecule has 5 heteroatoms. The van der Waals surface area contributed by atoms with Crippen LogP contribution in [-0.4, -0.2) is 10.5 Å². The molecular formula is C19H17ClN2OS. The van der Waals surface area contributed by atoms with Crippen molar-refractivity contribution in [2.45, 2.75) is 13.8 Å². The van der Waals surface area contributed by atoms with E-state index in [1.54, 1.807) is 12.1 Å². The molecule has 3 aromatic rings. The number of hydrogen-bond donors (Lipinski definition) is 0. The van der Waals surface area contributed by atoms with Crippen LogP contribution in [0.4, 0.5) is 0 Å². The largest absolute Gasteiger partial charge is 0.319 e. The molecule has 0 atom stereocenters. The Morgan fingerprint density at radius 2 is 1.83 bits per heavy atom. The van der Waals surface area contributed by atoms with Crippen LogP contribution in [0.2, 0.25) is 5.02 Å². The molecule has 2 aromatic carbocycles. The first-order chi connectivity index (χ1) is 11.5. The molecule has 0 bridgehead atoms. The van der Waals surface area contributed by atoms with E-state index in [9.17, 15) is 4.79 Å². The minimum absolute atomic E-state index is 0.323. The van der Waals surface area contributed by atoms with Gasteiger partial charge in [0, 0.05) is 11.9 Å². The fourth-order valence-corrected chi connectivity index (χ4v) is 3.91. The molecule has 0 N–H and O–H groups in total. The lowest BCUT2D eigenvalue weighted by Crippen LogP contribution is -2.14. The molecule has 1 amide bonds. The molecule has 0 aliphatic rings. The van der Waals surface area contributed by atoms with E-state index in [2.05, 4.69) is 17.1 Å². The fourth-order valence-electron chi connectivity index (χ4n) is 2.62. The molecule has 0 aliphatic heterocycles. The third-order valence-corrected chi connectivity index (χ3v) is 5.16. The van der Waals surface area contributed by atoms with Crippen molar-refractivity contribution in [1.82, 2.24) is 4.57 Å². The smallest absolute Gasteiger partial charge is 0.281 e. The molecule has 0 aliphatic carbocycles. The van der Waals surface area contributed by atoms with E-state index in [4.69, 9.17) is 11.6 Å². The second kappa shape index (κ2) is 6.75. The number of thiazole rings is 1. The molecule has 1 aromatic heterocycles. The van der Waals surface area contributed by atoms with Crippen molar-refractivity contribution in [1.29, 1.82) is 0 Å². The average molecular weight is 357 g/mol. The lowest BCUT2D eigenvalue weighted by molar-refractivity contribution is 0.0998. The normalized spacial score (nSPS) is 11.8. The van der Waals surface area contributed by atoms with Crippen LogP contribution in [0.25, 0.3) is 11.3 Å². The van der Waals surface area contributed by atoms with E-state index in [-0.39, 0.29) is 5.91 Å². The molecule has 0 saturated heterocycles. The second-order valence-corrected chi connectivity index (χ2v) is 7.20. The van der Waals surface area contributed by atoms with Crippen LogP contribution in [0.5, 0.6) is 0 Å². The Balaban J connectivity index is 2.07. The number of halogens is 1. The monoisotopic (exact) mass is 356 g/mol. The highest BCUT2D eigenvalue weighted by molar-refractivity contribution is 7.09. The molecule has 24 heavy (non-hydrogen) atoms. The molecule has 3 rings (SSSR count). The zero-order valence-electron chi connectivity index (χ0n) is 13.7. The van der Waals surface area contributed by atoms with Crippen LogP contribution in [-0.2, 0) is 7.05 Å². The van der Waals surface area contributed by atoms with Gasteiger partial charge in [-0.1, -0.05) is 48.0 Å². The van der Waals surface area contributed by atoms with E-state index in [1.807, 2.05) is 49.7 Å². The lowest BCUT2D eigenvalue weighted by Gasteiger charge is -2.04. The van der Waals surface area contributed by atoms with Crippen LogP contribution < -0.4 is 4.80 Å². The van der Waals surface area contributed by atoms with Gasteiger partial charge in [0.25, 0.3) is 5.91 Å². The van der Waals surface area contributed by atoms with E-state index >= 15 is 0 Å². The van der Waals surface area contributed by atoms with Gasteiger partial charge in [-0.2, -0.15) is 4.99 Å². The summed E-state index contributed by atoms with van der Waals surface area (Å²) in [5.41, 5.74) is 3.62. The molecule has 0 saturated carbocycles. The minimum atomic E-state index is -0.323. The summed E-state index contributed by atoms with van der Waals surface area (Å²) >= 11 is 7.68. The zero-order chi connectivity index (χ0) is 17.3. The lowest BCUT2D eigenvalue weighted by atomic mass is 10.1. The molecule has 0 spiro atoms. The molecular weight excluding hydrogens is 340 g/mol. The van der Waals surface area contributed by atoms with Gasteiger partial charge in [0.1, 0.15) is 0 Å². The standard InChI is InChI=1S/C19H17ClN2OS/c1-12-9-10-15(16(20)11-12)18(23)21-19-22(3)17(13(2)24-19)14-7-5-4-6-8-14/h4-11H,1-3H3. The van der Waals surface area contributed by atoms with Crippen molar-refractivity contribution >= 4 is 28.8 Å². The molecule has 3 nitrogen and oxygen atoms in total. The summed E-state index contributed by atoms with van der Waals surface area (Å²) in [6, 6.07) is 15.5. The van der Waals surface area contributed by atoms with E-state index in [0.717, 1.165) is 21.7 Å². The predicted molar refractivity (Wildman–Crippen MR) is 99.5 cm³/mol. The minimum Gasteiger partial charge on any atom is -0.319 e. The maximum Gasteiger partial charge on any atom is 0.281 e. The highest BCUT2D eigenvalue weighted by Gasteiger charge is 2.13. The van der Waals surface area contributed by atoms with Gasteiger partial charge in [-0.25, -0.2) is 0 Å². The number of rotatable bonds is 2. The van der Waals surface area contributed by atoms with E-state index in [0.29, 0.717) is 15.4 Å². The first kappa shape index (κ1) is 16.7. The fraction of sp³-hybridized carbons (Fsp3) is 0.158. The van der Waals surface area contributed by atoms with Crippen LogP contribution in [0.1, 0.15) is 20.8 Å². The Morgan fingerprint density at radius 1 is 1.12 bits per heavy atom. The summed E-state index contributed by atoms with van der Waals surface area (Å²) in [6.45, 7) is 3.97. The van der Waals surface area contributed by atoms with Crippen molar-refractivity contribution < 1.29 is 4.79 Å². The second-order valence-electron chi connectivity index (χ2n) is 5.61. The number of aryl methyl sites for hydroxylation is 2. The third kappa shape index (κ3) is 3.21. The Hall–Kier alpha value is -2.17. The summed E-state index contributed by atoms with van der Waals surface area (Å²) in [5, 5.41) is 0.433. The first-order valence-corrected chi connectivity index (χ1v) is 8.74.